The molecule has 8 aromatic carbocycles. The van der Waals surface area contributed by atoms with Gasteiger partial charge in [-0.05, 0) is 141 Å². The first-order valence-electron chi connectivity index (χ1n) is 20.4. The van der Waals surface area contributed by atoms with E-state index in [2.05, 4.69) is 205 Å². The molecule has 0 fully saturated rings. The number of hydrogen-bond acceptors (Lipinski definition) is 2. The Labute approximate surface area is 339 Å². The van der Waals surface area contributed by atoms with Crippen molar-refractivity contribution in [2.75, 3.05) is 4.90 Å². The van der Waals surface area contributed by atoms with Crippen LogP contribution in [-0.4, -0.2) is 0 Å². The maximum atomic E-state index is 6.74. The van der Waals surface area contributed by atoms with Gasteiger partial charge in [0.05, 0.1) is 0 Å². The molecule has 0 N–H and O–H groups in total. The van der Waals surface area contributed by atoms with Crippen LogP contribution >= 0.6 is 0 Å². The molecule has 0 saturated carbocycles. The molecule has 0 bridgehead atoms. The Balaban J connectivity index is 0.960. The second-order valence-corrected chi connectivity index (χ2v) is 15.5. The van der Waals surface area contributed by atoms with Gasteiger partial charge in [-0.3, -0.25) is 0 Å². The fraction of sp³-hybridized carbons (Fsp3) is 0.0714. The quantitative estimate of drug-likeness (QED) is 0.162. The number of allylic oxidation sites excluding steroid dienone is 2. The van der Waals surface area contributed by atoms with E-state index < -0.39 is 0 Å². The molecule has 0 atom stereocenters. The van der Waals surface area contributed by atoms with Gasteiger partial charge >= 0.3 is 0 Å². The molecule has 2 aliphatic rings. The predicted molar refractivity (Wildman–Crippen MR) is 245 cm³/mol. The molecule has 276 valence electrons. The van der Waals surface area contributed by atoms with Crippen molar-refractivity contribution in [3.05, 3.63) is 210 Å². The van der Waals surface area contributed by atoms with Crippen molar-refractivity contribution in [3.63, 3.8) is 0 Å². The zero-order chi connectivity index (χ0) is 38.4. The van der Waals surface area contributed by atoms with Crippen molar-refractivity contribution in [1.29, 1.82) is 0 Å². The van der Waals surface area contributed by atoms with E-state index in [0.717, 1.165) is 81.4 Å². The van der Waals surface area contributed by atoms with Crippen LogP contribution in [0.3, 0.4) is 0 Å². The third-order valence-electron chi connectivity index (χ3n) is 12.0. The summed E-state index contributed by atoms with van der Waals surface area (Å²) < 4.78 is 6.74. The number of nitrogens with zero attached hydrogens (tertiary/aromatic N) is 1. The Morgan fingerprint density at radius 3 is 1.55 bits per heavy atom. The van der Waals surface area contributed by atoms with Crippen molar-refractivity contribution in [2.45, 2.75) is 25.7 Å². The highest BCUT2D eigenvalue weighted by atomic mass is 16.3. The van der Waals surface area contributed by atoms with Gasteiger partial charge in [-0.2, -0.15) is 0 Å². The molecular formula is C56H41NO. The molecule has 1 aromatic heterocycles. The highest BCUT2D eigenvalue weighted by Crippen LogP contribution is 2.43. The molecule has 1 heterocycles. The minimum Gasteiger partial charge on any atom is -0.455 e. The van der Waals surface area contributed by atoms with Gasteiger partial charge < -0.3 is 9.32 Å². The summed E-state index contributed by atoms with van der Waals surface area (Å²) in [5.74, 6) is 0. The molecule has 0 unspecified atom stereocenters. The molecule has 9 aromatic rings. The predicted octanol–water partition coefficient (Wildman–Crippen LogP) is 15.6. The first kappa shape index (κ1) is 34.1. The number of rotatable bonds is 7. The molecule has 58 heavy (non-hydrogen) atoms. The Morgan fingerprint density at radius 2 is 0.931 bits per heavy atom. The SMILES string of the molecule is C1=Cc2cc(-c3cccc4c3oc3ccc(-c5ccc(N(c6ccc(-c7ccccc7)cc6)c6ccc(-c7ccccc7)cc6)cc5)cc34)c3c(c2CC1)CCC=C3. The summed E-state index contributed by atoms with van der Waals surface area (Å²) in [5.41, 5.74) is 20.5. The lowest BCUT2D eigenvalue weighted by Gasteiger charge is -2.26. The van der Waals surface area contributed by atoms with Crippen LogP contribution in [0.1, 0.15) is 35.1 Å². The highest BCUT2D eigenvalue weighted by molar-refractivity contribution is 6.11. The number of anilines is 3. The van der Waals surface area contributed by atoms with Crippen LogP contribution in [0.5, 0.6) is 0 Å². The Hall–Kier alpha value is -7.16. The Kier molecular flexibility index (Phi) is 8.47. The lowest BCUT2D eigenvalue weighted by Crippen LogP contribution is -2.09. The molecule has 0 spiro atoms. The van der Waals surface area contributed by atoms with Crippen LogP contribution in [0.25, 0.3) is 78.6 Å². The minimum atomic E-state index is 0.911. The van der Waals surface area contributed by atoms with Crippen LogP contribution in [-0.2, 0) is 12.8 Å². The summed E-state index contributed by atoms with van der Waals surface area (Å²) in [6.07, 6.45) is 13.8. The second-order valence-electron chi connectivity index (χ2n) is 15.5. The number of benzene rings is 8. The number of para-hydroxylation sites is 1. The molecular weight excluding hydrogens is 703 g/mol. The summed E-state index contributed by atoms with van der Waals surface area (Å²) in [6.45, 7) is 0. The summed E-state index contributed by atoms with van der Waals surface area (Å²) in [4.78, 5) is 2.34. The van der Waals surface area contributed by atoms with Crippen LogP contribution in [0, 0.1) is 0 Å². The smallest absolute Gasteiger partial charge is 0.143 e. The molecule has 2 heteroatoms. The van der Waals surface area contributed by atoms with Crippen molar-refractivity contribution >= 4 is 51.2 Å². The van der Waals surface area contributed by atoms with Gasteiger partial charge in [0.2, 0.25) is 0 Å². The molecule has 11 rings (SSSR count). The monoisotopic (exact) mass is 743 g/mol. The van der Waals surface area contributed by atoms with E-state index in [-0.39, 0.29) is 0 Å². The van der Waals surface area contributed by atoms with Crippen LogP contribution in [0.2, 0.25) is 0 Å². The van der Waals surface area contributed by atoms with E-state index in [4.69, 9.17) is 4.42 Å². The van der Waals surface area contributed by atoms with Gasteiger partial charge in [0.15, 0.2) is 0 Å². The maximum Gasteiger partial charge on any atom is 0.143 e. The van der Waals surface area contributed by atoms with Gasteiger partial charge in [-0.15, -0.1) is 0 Å². The second kappa shape index (κ2) is 14.4. The average molecular weight is 744 g/mol. The van der Waals surface area contributed by atoms with E-state index >= 15 is 0 Å². The molecule has 0 amide bonds. The van der Waals surface area contributed by atoms with Gasteiger partial charge in [-0.1, -0.05) is 146 Å². The zero-order valence-electron chi connectivity index (χ0n) is 32.2. The first-order valence-corrected chi connectivity index (χ1v) is 20.4. The van der Waals surface area contributed by atoms with Gasteiger partial charge in [-0.25, -0.2) is 0 Å². The van der Waals surface area contributed by atoms with Crippen LogP contribution < -0.4 is 4.90 Å². The van der Waals surface area contributed by atoms with Crippen LogP contribution in [0.4, 0.5) is 17.1 Å². The Bertz CT molecular complexity index is 2920. The van der Waals surface area contributed by atoms with E-state index in [1.165, 1.54) is 50.1 Å². The van der Waals surface area contributed by atoms with Gasteiger partial charge in [0.1, 0.15) is 11.2 Å². The summed E-state index contributed by atoms with van der Waals surface area (Å²) in [5, 5.41) is 2.29. The number of hydrogen-bond donors (Lipinski definition) is 0. The lowest BCUT2D eigenvalue weighted by atomic mass is 9.81. The molecule has 2 nitrogen and oxygen atoms in total. The highest BCUT2D eigenvalue weighted by Gasteiger charge is 2.22. The number of fused-ring (bicyclic) bond motifs is 6. The van der Waals surface area contributed by atoms with Crippen molar-refractivity contribution in [1.82, 2.24) is 0 Å². The standard InChI is InChI=1S/C56H41NO/c1-3-12-38(13-4-1)40-22-29-45(30-23-40)57(46-31-24-41(25-32-46)39-14-5-2-6-15-39)47-33-26-42(27-34-47)43-28-35-55-54(36-43)52-21-11-20-51(56(52)58-55)53-37-44-16-7-8-17-48(44)49-18-9-10-19-50(49)53/h1-7,10-16,19-37H,8-9,17-18H2. The third kappa shape index (κ3) is 6.06. The van der Waals surface area contributed by atoms with Crippen LogP contribution in [0.15, 0.2) is 192 Å². The van der Waals surface area contributed by atoms with Crippen molar-refractivity contribution in [2.24, 2.45) is 0 Å². The third-order valence-corrected chi connectivity index (χ3v) is 12.0. The fourth-order valence-corrected chi connectivity index (χ4v) is 9.14. The van der Waals surface area contributed by atoms with Crippen molar-refractivity contribution < 1.29 is 4.42 Å². The van der Waals surface area contributed by atoms with Crippen molar-refractivity contribution in [3.8, 4) is 44.5 Å². The molecule has 0 saturated heterocycles. The summed E-state index contributed by atoms with van der Waals surface area (Å²) >= 11 is 0. The molecule has 0 radical (unpaired) electrons. The average Bonchev–Trinajstić information content (AvgIpc) is 3.69. The minimum absolute atomic E-state index is 0.911. The fourth-order valence-electron chi connectivity index (χ4n) is 9.14. The molecule has 2 aliphatic carbocycles. The van der Waals surface area contributed by atoms with Gasteiger partial charge in [0, 0.05) is 33.4 Å². The van der Waals surface area contributed by atoms with E-state index in [0.29, 0.717) is 0 Å². The van der Waals surface area contributed by atoms with E-state index in [9.17, 15) is 0 Å². The topological polar surface area (TPSA) is 16.4 Å². The largest absolute Gasteiger partial charge is 0.455 e. The molecule has 0 aliphatic heterocycles. The summed E-state index contributed by atoms with van der Waals surface area (Å²) in [7, 11) is 0. The van der Waals surface area contributed by atoms with E-state index in [1.54, 1.807) is 0 Å². The number of furan rings is 1. The Morgan fingerprint density at radius 1 is 0.397 bits per heavy atom. The lowest BCUT2D eigenvalue weighted by molar-refractivity contribution is 0.670. The first-order chi connectivity index (χ1) is 28.7. The maximum absolute atomic E-state index is 6.74. The van der Waals surface area contributed by atoms with Gasteiger partial charge in [0.25, 0.3) is 0 Å². The normalized spacial score (nSPS) is 13.1. The van der Waals surface area contributed by atoms with E-state index in [1.807, 2.05) is 0 Å². The summed E-state index contributed by atoms with van der Waals surface area (Å²) in [6, 6.07) is 63.5. The zero-order valence-corrected chi connectivity index (χ0v) is 32.2.